The summed E-state index contributed by atoms with van der Waals surface area (Å²) >= 11 is 4.44. The molecule has 0 atom stereocenters. The topological polar surface area (TPSA) is 72.7 Å². The van der Waals surface area contributed by atoms with Gasteiger partial charge in [-0.3, -0.25) is 4.79 Å². The number of thiophene rings is 1. The lowest BCUT2D eigenvalue weighted by Crippen LogP contribution is -2.14. The zero-order valence-electron chi connectivity index (χ0n) is 12.6. The van der Waals surface area contributed by atoms with Crippen LogP contribution in [0.5, 0.6) is 0 Å². The van der Waals surface area contributed by atoms with Crippen molar-refractivity contribution in [2.75, 3.05) is 11.1 Å². The van der Waals surface area contributed by atoms with E-state index in [2.05, 4.69) is 20.5 Å². The van der Waals surface area contributed by atoms with Gasteiger partial charge in [0, 0.05) is 11.9 Å². The van der Waals surface area contributed by atoms with Crippen LogP contribution < -0.4 is 5.32 Å². The summed E-state index contributed by atoms with van der Waals surface area (Å²) < 4.78 is 2.03. The molecule has 3 heterocycles. The Labute approximate surface area is 146 Å². The van der Waals surface area contributed by atoms with E-state index in [0.717, 1.165) is 28.1 Å². The van der Waals surface area contributed by atoms with E-state index in [4.69, 9.17) is 0 Å². The Morgan fingerprint density at radius 3 is 2.91 bits per heavy atom. The molecule has 1 amide bonds. The Morgan fingerprint density at radius 1 is 1.39 bits per heavy atom. The Kier molecular flexibility index (Phi) is 5.09. The summed E-state index contributed by atoms with van der Waals surface area (Å²) in [4.78, 5) is 17.3. The van der Waals surface area contributed by atoms with Crippen LogP contribution in [-0.2, 0) is 11.3 Å². The summed E-state index contributed by atoms with van der Waals surface area (Å²) in [5, 5.41) is 16.6. The van der Waals surface area contributed by atoms with Crippen molar-refractivity contribution in [1.29, 1.82) is 0 Å². The summed E-state index contributed by atoms with van der Waals surface area (Å²) in [5.41, 5.74) is 0.907. The smallest absolute Gasteiger partial charge is 0.236 e. The van der Waals surface area contributed by atoms with Crippen LogP contribution in [0.4, 0.5) is 5.13 Å². The standard InChI is InChI=1S/C14H15N5OS3/c1-3-19-12(10-5-4-6-21-10)17-18-14(19)23-8-11(20)16-13-15-9(2)7-22-13/h4-7H,3,8H2,1-2H3,(H,15,16,20). The number of carbonyl (C=O) groups is 1. The van der Waals surface area contributed by atoms with Crippen LogP contribution in [-0.4, -0.2) is 31.4 Å². The fraction of sp³-hybridized carbons (Fsp3) is 0.286. The molecule has 0 aliphatic rings. The lowest BCUT2D eigenvalue weighted by Gasteiger charge is -2.06. The molecule has 3 aromatic heterocycles. The van der Waals surface area contributed by atoms with Crippen molar-refractivity contribution in [1.82, 2.24) is 19.7 Å². The Hall–Kier alpha value is -1.71. The van der Waals surface area contributed by atoms with Gasteiger partial charge < -0.3 is 9.88 Å². The fourth-order valence-corrected chi connectivity index (χ4v) is 4.19. The first-order valence-electron chi connectivity index (χ1n) is 6.99. The molecule has 1 N–H and O–H groups in total. The molecule has 3 rings (SSSR count). The number of aromatic nitrogens is 4. The van der Waals surface area contributed by atoms with E-state index in [1.54, 1.807) is 11.3 Å². The summed E-state index contributed by atoms with van der Waals surface area (Å²) in [5.74, 6) is 1.04. The number of carbonyl (C=O) groups excluding carboxylic acids is 1. The molecule has 120 valence electrons. The van der Waals surface area contributed by atoms with Gasteiger partial charge in [0.05, 0.1) is 16.3 Å². The van der Waals surface area contributed by atoms with Crippen LogP contribution in [0.2, 0.25) is 0 Å². The average Bonchev–Trinajstić information content (AvgIpc) is 3.24. The number of thiazole rings is 1. The molecule has 0 aromatic carbocycles. The number of hydrogen-bond donors (Lipinski definition) is 1. The van der Waals surface area contributed by atoms with Gasteiger partial charge in [0.2, 0.25) is 5.91 Å². The maximum Gasteiger partial charge on any atom is 0.236 e. The first-order chi connectivity index (χ1) is 11.2. The third kappa shape index (κ3) is 3.80. The number of hydrogen-bond acceptors (Lipinski definition) is 7. The lowest BCUT2D eigenvalue weighted by molar-refractivity contribution is -0.113. The summed E-state index contributed by atoms with van der Waals surface area (Å²) in [6.07, 6.45) is 0. The van der Waals surface area contributed by atoms with Crippen molar-refractivity contribution in [3.63, 3.8) is 0 Å². The molecular formula is C14H15N5OS3. The highest BCUT2D eigenvalue weighted by atomic mass is 32.2. The molecule has 23 heavy (non-hydrogen) atoms. The van der Waals surface area contributed by atoms with Crippen molar-refractivity contribution >= 4 is 45.5 Å². The predicted octanol–water partition coefficient (Wildman–Crippen LogP) is 3.52. The van der Waals surface area contributed by atoms with Gasteiger partial charge in [-0.2, -0.15) is 0 Å². The van der Waals surface area contributed by atoms with Crippen LogP contribution in [0.3, 0.4) is 0 Å². The molecule has 9 heteroatoms. The third-order valence-electron chi connectivity index (χ3n) is 2.97. The highest BCUT2D eigenvalue weighted by Gasteiger charge is 2.15. The number of rotatable bonds is 6. The quantitative estimate of drug-likeness (QED) is 0.677. The molecule has 0 unspecified atom stereocenters. The van der Waals surface area contributed by atoms with Gasteiger partial charge in [0.25, 0.3) is 0 Å². The first-order valence-corrected chi connectivity index (χ1v) is 9.73. The van der Waals surface area contributed by atoms with E-state index in [9.17, 15) is 4.79 Å². The van der Waals surface area contributed by atoms with E-state index in [1.165, 1.54) is 23.1 Å². The molecule has 0 spiro atoms. The van der Waals surface area contributed by atoms with Gasteiger partial charge >= 0.3 is 0 Å². The summed E-state index contributed by atoms with van der Waals surface area (Å²) in [6.45, 7) is 4.70. The second-order valence-corrected chi connectivity index (χ2v) is 7.41. The van der Waals surface area contributed by atoms with Gasteiger partial charge in [-0.05, 0) is 25.3 Å². The monoisotopic (exact) mass is 365 g/mol. The molecule has 3 aromatic rings. The van der Waals surface area contributed by atoms with Crippen molar-refractivity contribution < 1.29 is 4.79 Å². The largest absolute Gasteiger partial charge is 0.302 e. The fourth-order valence-electron chi connectivity index (χ4n) is 1.97. The second-order valence-electron chi connectivity index (χ2n) is 4.66. The maximum absolute atomic E-state index is 12.0. The maximum atomic E-state index is 12.0. The van der Waals surface area contributed by atoms with Crippen LogP contribution in [0.15, 0.2) is 28.0 Å². The average molecular weight is 366 g/mol. The second kappa shape index (κ2) is 7.24. The number of aryl methyl sites for hydroxylation is 1. The van der Waals surface area contributed by atoms with E-state index >= 15 is 0 Å². The van der Waals surface area contributed by atoms with Gasteiger partial charge in [0.1, 0.15) is 0 Å². The number of anilines is 1. The summed E-state index contributed by atoms with van der Waals surface area (Å²) in [7, 11) is 0. The van der Waals surface area contributed by atoms with Crippen LogP contribution in [0.1, 0.15) is 12.6 Å². The highest BCUT2D eigenvalue weighted by molar-refractivity contribution is 7.99. The number of nitrogens with one attached hydrogen (secondary N) is 1. The zero-order valence-corrected chi connectivity index (χ0v) is 15.1. The molecule has 0 bridgehead atoms. The first kappa shape index (κ1) is 16.2. The Balaban J connectivity index is 1.65. The minimum absolute atomic E-state index is 0.0901. The van der Waals surface area contributed by atoms with Gasteiger partial charge in [-0.1, -0.05) is 17.8 Å². The Morgan fingerprint density at radius 2 is 2.26 bits per heavy atom. The zero-order chi connectivity index (χ0) is 16.2. The SMILES string of the molecule is CCn1c(SCC(=O)Nc2nc(C)cs2)nnc1-c1cccs1. The Bertz CT molecular complexity index is 793. The van der Waals surface area contributed by atoms with Gasteiger partial charge in [0.15, 0.2) is 16.1 Å². The number of amides is 1. The van der Waals surface area contributed by atoms with Crippen molar-refractivity contribution in [3.8, 4) is 10.7 Å². The van der Waals surface area contributed by atoms with Crippen LogP contribution >= 0.6 is 34.4 Å². The minimum atomic E-state index is -0.0901. The molecule has 0 saturated carbocycles. The molecule has 0 aliphatic heterocycles. The van der Waals surface area contributed by atoms with Crippen molar-refractivity contribution in [2.24, 2.45) is 0 Å². The van der Waals surface area contributed by atoms with E-state index in [0.29, 0.717) is 5.13 Å². The lowest BCUT2D eigenvalue weighted by atomic mass is 10.4. The molecule has 6 nitrogen and oxygen atoms in total. The molecule has 0 aliphatic carbocycles. The van der Waals surface area contributed by atoms with Crippen molar-refractivity contribution in [2.45, 2.75) is 25.5 Å². The van der Waals surface area contributed by atoms with Crippen LogP contribution in [0.25, 0.3) is 10.7 Å². The predicted molar refractivity (Wildman–Crippen MR) is 95.2 cm³/mol. The molecule has 0 saturated heterocycles. The number of thioether (sulfide) groups is 1. The van der Waals surface area contributed by atoms with E-state index in [1.807, 2.05) is 41.3 Å². The third-order valence-corrected chi connectivity index (χ3v) is 5.68. The van der Waals surface area contributed by atoms with E-state index < -0.39 is 0 Å². The van der Waals surface area contributed by atoms with Gasteiger partial charge in [-0.15, -0.1) is 32.9 Å². The summed E-state index contributed by atoms with van der Waals surface area (Å²) in [6, 6.07) is 4.01. The van der Waals surface area contributed by atoms with Gasteiger partial charge in [-0.25, -0.2) is 4.98 Å². The van der Waals surface area contributed by atoms with E-state index in [-0.39, 0.29) is 11.7 Å². The highest BCUT2D eigenvalue weighted by Crippen LogP contribution is 2.27. The minimum Gasteiger partial charge on any atom is -0.302 e. The number of nitrogens with zero attached hydrogens (tertiary/aromatic N) is 4. The van der Waals surface area contributed by atoms with Crippen molar-refractivity contribution in [3.05, 3.63) is 28.6 Å². The molecular weight excluding hydrogens is 350 g/mol. The molecule has 0 radical (unpaired) electrons. The van der Waals surface area contributed by atoms with Crippen LogP contribution in [0, 0.1) is 6.92 Å². The normalized spacial score (nSPS) is 10.9. The molecule has 0 fully saturated rings.